The summed E-state index contributed by atoms with van der Waals surface area (Å²) in [5.41, 5.74) is 0.246. The van der Waals surface area contributed by atoms with E-state index in [-0.39, 0.29) is 17.3 Å². The van der Waals surface area contributed by atoms with Crippen LogP contribution in [0.1, 0.15) is 47.5 Å². The number of carbonyl (C=O) groups is 1. The third kappa shape index (κ3) is 6.62. The van der Waals surface area contributed by atoms with Gasteiger partial charge in [0.2, 0.25) is 0 Å². The first-order chi connectivity index (χ1) is 5.87. The summed E-state index contributed by atoms with van der Waals surface area (Å²) >= 11 is 0. The minimum atomic E-state index is -0.0632. The van der Waals surface area contributed by atoms with Gasteiger partial charge in [-0.3, -0.25) is 4.79 Å². The Morgan fingerprint density at radius 3 is 2.31 bits per heavy atom. The normalized spacial score (nSPS) is 13.9. The molecule has 78 valence electrons. The first-order valence-electron chi connectivity index (χ1n) is 5.03. The second-order valence-electron chi connectivity index (χ2n) is 4.79. The predicted octanol–water partition coefficient (Wildman–Crippen LogP) is 3.01. The van der Waals surface area contributed by atoms with E-state index in [4.69, 9.17) is 4.74 Å². The van der Waals surface area contributed by atoms with Crippen molar-refractivity contribution in [2.24, 2.45) is 11.3 Å². The largest absolute Gasteiger partial charge is 0.465 e. The first kappa shape index (κ1) is 12.5. The Morgan fingerprint density at radius 2 is 1.92 bits per heavy atom. The molecule has 0 heterocycles. The average molecular weight is 186 g/mol. The highest BCUT2D eigenvalue weighted by molar-refractivity contribution is 5.71. The highest BCUT2D eigenvalue weighted by Gasteiger charge is 2.14. The predicted molar refractivity (Wildman–Crippen MR) is 54.5 cm³/mol. The fraction of sp³-hybridized carbons (Fsp3) is 0.909. The molecule has 2 heteroatoms. The quantitative estimate of drug-likeness (QED) is 0.631. The van der Waals surface area contributed by atoms with Crippen molar-refractivity contribution in [1.29, 1.82) is 0 Å². The van der Waals surface area contributed by atoms with Crippen LogP contribution in [0.15, 0.2) is 0 Å². The summed E-state index contributed by atoms with van der Waals surface area (Å²) in [5.74, 6) is -0.0216. The van der Waals surface area contributed by atoms with Gasteiger partial charge >= 0.3 is 5.97 Å². The Bertz CT molecular complexity index is 156. The molecule has 0 spiro atoms. The van der Waals surface area contributed by atoms with Crippen molar-refractivity contribution in [3.05, 3.63) is 0 Å². The van der Waals surface area contributed by atoms with Crippen LogP contribution in [0.25, 0.3) is 0 Å². The maximum absolute atomic E-state index is 11.2. The first-order valence-corrected chi connectivity index (χ1v) is 5.03. The molecule has 0 rings (SSSR count). The minimum absolute atomic E-state index is 0.0416. The van der Waals surface area contributed by atoms with Crippen molar-refractivity contribution in [1.82, 2.24) is 0 Å². The zero-order chi connectivity index (χ0) is 10.5. The minimum Gasteiger partial charge on any atom is -0.465 e. The molecular formula is C11H22O2. The molecule has 0 aliphatic rings. The van der Waals surface area contributed by atoms with E-state index in [0.717, 1.165) is 12.8 Å². The lowest BCUT2D eigenvalue weighted by molar-refractivity contribution is -0.148. The summed E-state index contributed by atoms with van der Waals surface area (Å²) in [7, 11) is 0. The maximum Gasteiger partial charge on any atom is 0.308 e. The van der Waals surface area contributed by atoms with Crippen molar-refractivity contribution >= 4 is 5.97 Å². The molecule has 0 aromatic heterocycles. The van der Waals surface area contributed by atoms with Crippen LogP contribution in [0.2, 0.25) is 0 Å². The molecule has 13 heavy (non-hydrogen) atoms. The topological polar surface area (TPSA) is 26.3 Å². The molecule has 0 radical (unpaired) electrons. The molecule has 0 amide bonds. The number of hydrogen-bond acceptors (Lipinski definition) is 2. The number of hydrogen-bond donors (Lipinski definition) is 0. The molecule has 0 aromatic carbocycles. The van der Waals surface area contributed by atoms with E-state index in [1.807, 2.05) is 13.8 Å². The molecule has 0 aromatic rings. The molecule has 0 bridgehead atoms. The van der Waals surface area contributed by atoms with Gasteiger partial charge < -0.3 is 4.74 Å². The van der Waals surface area contributed by atoms with E-state index in [1.54, 1.807) is 0 Å². The summed E-state index contributed by atoms with van der Waals surface area (Å²) in [6.45, 7) is 10.9. The lowest BCUT2D eigenvalue weighted by Crippen LogP contribution is -2.17. The summed E-state index contributed by atoms with van der Waals surface area (Å²) in [5, 5.41) is 0. The third-order valence-electron chi connectivity index (χ3n) is 2.11. The SMILES string of the molecule is CCC(C)C(=O)OCCC(C)(C)C. The Balaban J connectivity index is 3.60. The Kier molecular flexibility index (Phi) is 5.04. The molecule has 0 fully saturated rings. The highest BCUT2D eigenvalue weighted by Crippen LogP contribution is 2.18. The molecule has 0 aliphatic carbocycles. The van der Waals surface area contributed by atoms with Crippen LogP contribution in [0, 0.1) is 11.3 Å². The van der Waals surface area contributed by atoms with Gasteiger partial charge in [0.05, 0.1) is 12.5 Å². The van der Waals surface area contributed by atoms with Crippen molar-refractivity contribution in [3.63, 3.8) is 0 Å². The Morgan fingerprint density at radius 1 is 1.38 bits per heavy atom. The smallest absolute Gasteiger partial charge is 0.308 e. The average Bonchev–Trinajstić information content (AvgIpc) is 2.00. The van der Waals surface area contributed by atoms with Gasteiger partial charge in [0.15, 0.2) is 0 Å². The van der Waals surface area contributed by atoms with Crippen LogP contribution in [-0.2, 0) is 9.53 Å². The van der Waals surface area contributed by atoms with E-state index in [9.17, 15) is 4.79 Å². The van der Waals surface area contributed by atoms with Gasteiger partial charge in [0.1, 0.15) is 0 Å². The van der Waals surface area contributed by atoms with Crippen LogP contribution >= 0.6 is 0 Å². The highest BCUT2D eigenvalue weighted by atomic mass is 16.5. The van der Waals surface area contributed by atoms with Crippen LogP contribution in [-0.4, -0.2) is 12.6 Å². The molecular weight excluding hydrogens is 164 g/mol. The van der Waals surface area contributed by atoms with Gasteiger partial charge in [-0.05, 0) is 18.3 Å². The van der Waals surface area contributed by atoms with Crippen molar-refractivity contribution in [3.8, 4) is 0 Å². The summed E-state index contributed by atoms with van der Waals surface area (Å²) in [6, 6.07) is 0. The number of rotatable bonds is 4. The van der Waals surface area contributed by atoms with Gasteiger partial charge in [-0.25, -0.2) is 0 Å². The molecule has 0 saturated heterocycles. The monoisotopic (exact) mass is 186 g/mol. The van der Waals surface area contributed by atoms with Crippen molar-refractivity contribution in [2.75, 3.05) is 6.61 Å². The van der Waals surface area contributed by atoms with Crippen LogP contribution < -0.4 is 0 Å². The van der Waals surface area contributed by atoms with Gasteiger partial charge in [0.25, 0.3) is 0 Å². The summed E-state index contributed by atoms with van der Waals surface area (Å²) in [6.07, 6.45) is 1.78. The molecule has 2 nitrogen and oxygen atoms in total. The Hall–Kier alpha value is -0.530. The zero-order valence-corrected chi connectivity index (χ0v) is 9.52. The van der Waals surface area contributed by atoms with Crippen molar-refractivity contribution in [2.45, 2.75) is 47.5 Å². The van der Waals surface area contributed by atoms with E-state index in [2.05, 4.69) is 20.8 Å². The second kappa shape index (κ2) is 5.25. The van der Waals surface area contributed by atoms with Gasteiger partial charge in [-0.15, -0.1) is 0 Å². The summed E-state index contributed by atoms with van der Waals surface area (Å²) < 4.78 is 5.13. The number of ether oxygens (including phenoxy) is 1. The maximum atomic E-state index is 11.2. The zero-order valence-electron chi connectivity index (χ0n) is 9.52. The van der Waals surface area contributed by atoms with E-state index in [1.165, 1.54) is 0 Å². The van der Waals surface area contributed by atoms with E-state index >= 15 is 0 Å². The molecule has 0 saturated carbocycles. The van der Waals surface area contributed by atoms with Crippen LogP contribution in [0.4, 0.5) is 0 Å². The molecule has 0 aliphatic heterocycles. The van der Waals surface area contributed by atoms with E-state index in [0.29, 0.717) is 6.61 Å². The van der Waals surface area contributed by atoms with Crippen LogP contribution in [0.5, 0.6) is 0 Å². The van der Waals surface area contributed by atoms with Crippen LogP contribution in [0.3, 0.4) is 0 Å². The van der Waals surface area contributed by atoms with Gasteiger partial charge in [-0.1, -0.05) is 34.6 Å². The molecule has 0 N–H and O–H groups in total. The Labute approximate surface area is 81.7 Å². The van der Waals surface area contributed by atoms with E-state index < -0.39 is 0 Å². The lowest BCUT2D eigenvalue weighted by Gasteiger charge is -2.18. The second-order valence-corrected chi connectivity index (χ2v) is 4.79. The third-order valence-corrected chi connectivity index (χ3v) is 2.11. The molecule has 1 atom stereocenters. The van der Waals surface area contributed by atoms with Gasteiger partial charge in [0, 0.05) is 0 Å². The van der Waals surface area contributed by atoms with Crippen molar-refractivity contribution < 1.29 is 9.53 Å². The molecule has 1 unspecified atom stereocenters. The summed E-state index contributed by atoms with van der Waals surface area (Å²) in [4.78, 5) is 11.2. The fourth-order valence-corrected chi connectivity index (χ4v) is 0.767. The number of esters is 1. The van der Waals surface area contributed by atoms with Gasteiger partial charge in [-0.2, -0.15) is 0 Å². The fourth-order valence-electron chi connectivity index (χ4n) is 0.767. The lowest BCUT2D eigenvalue weighted by atomic mass is 9.93. The number of carbonyl (C=O) groups excluding carboxylic acids is 1. The standard InChI is InChI=1S/C11H22O2/c1-6-9(2)10(12)13-8-7-11(3,4)5/h9H,6-8H2,1-5H3.